The Balaban J connectivity index is 1.52. The number of nitrogens with one attached hydrogen (secondary N) is 1. The predicted molar refractivity (Wildman–Crippen MR) is 97.3 cm³/mol. The number of hydrogen-bond donors (Lipinski definition) is 1. The van der Waals surface area contributed by atoms with Gasteiger partial charge in [-0.3, -0.25) is 14.2 Å². The highest BCUT2D eigenvalue weighted by atomic mass is 32.2. The van der Waals surface area contributed by atoms with Crippen molar-refractivity contribution in [2.24, 2.45) is 0 Å². The molecule has 1 unspecified atom stereocenters. The van der Waals surface area contributed by atoms with Crippen LogP contribution in [-0.2, 0) is 11.2 Å². The summed E-state index contributed by atoms with van der Waals surface area (Å²) in [7, 11) is 1.64. The van der Waals surface area contributed by atoms with Crippen LogP contribution in [-0.4, -0.2) is 34.9 Å². The van der Waals surface area contributed by atoms with Crippen LogP contribution in [0.5, 0.6) is 5.75 Å². The van der Waals surface area contributed by atoms with E-state index in [-0.39, 0.29) is 17.5 Å². The SMILES string of the molecule is COc1ccc(CCNC(=O)CC2CSc3ncc(C)c(=O)n32)cc1. The Kier molecular flexibility index (Phi) is 5.43. The number of fused-ring (bicyclic) bond motifs is 1. The summed E-state index contributed by atoms with van der Waals surface area (Å²) in [6.45, 7) is 2.32. The first-order chi connectivity index (χ1) is 12.1. The number of rotatable bonds is 6. The molecule has 1 aliphatic heterocycles. The van der Waals surface area contributed by atoms with Gasteiger partial charge in [-0.05, 0) is 31.0 Å². The molecule has 1 atom stereocenters. The van der Waals surface area contributed by atoms with E-state index in [0.29, 0.717) is 29.4 Å². The highest BCUT2D eigenvalue weighted by Crippen LogP contribution is 2.31. The fraction of sp³-hybridized carbons (Fsp3) is 0.389. The van der Waals surface area contributed by atoms with Crippen molar-refractivity contribution < 1.29 is 9.53 Å². The average molecular weight is 359 g/mol. The number of methoxy groups -OCH3 is 1. The van der Waals surface area contributed by atoms with Gasteiger partial charge < -0.3 is 10.1 Å². The zero-order valence-corrected chi connectivity index (χ0v) is 15.1. The maximum Gasteiger partial charge on any atom is 0.257 e. The van der Waals surface area contributed by atoms with Gasteiger partial charge in [0.2, 0.25) is 5.91 Å². The molecule has 2 heterocycles. The number of carbonyl (C=O) groups excluding carboxylic acids is 1. The number of hydrogen-bond acceptors (Lipinski definition) is 5. The Bertz CT molecular complexity index is 817. The molecule has 1 aromatic heterocycles. The zero-order valence-electron chi connectivity index (χ0n) is 14.3. The van der Waals surface area contributed by atoms with Crippen molar-refractivity contribution in [3.05, 3.63) is 51.9 Å². The van der Waals surface area contributed by atoms with E-state index in [1.165, 1.54) is 11.8 Å². The van der Waals surface area contributed by atoms with Gasteiger partial charge in [0.05, 0.1) is 13.2 Å². The van der Waals surface area contributed by atoms with E-state index in [4.69, 9.17) is 4.74 Å². The molecule has 1 N–H and O–H groups in total. The van der Waals surface area contributed by atoms with Gasteiger partial charge >= 0.3 is 0 Å². The van der Waals surface area contributed by atoms with Gasteiger partial charge in [-0.15, -0.1) is 0 Å². The third kappa shape index (κ3) is 4.04. The predicted octanol–water partition coefficient (Wildman–Crippen LogP) is 1.96. The molecule has 0 saturated carbocycles. The van der Waals surface area contributed by atoms with Crippen LogP contribution in [0.1, 0.15) is 23.6 Å². The van der Waals surface area contributed by atoms with Gasteiger partial charge in [0.1, 0.15) is 5.75 Å². The lowest BCUT2D eigenvalue weighted by Crippen LogP contribution is -2.32. The minimum absolute atomic E-state index is 0.0413. The van der Waals surface area contributed by atoms with Crippen molar-refractivity contribution in [1.29, 1.82) is 0 Å². The highest BCUT2D eigenvalue weighted by Gasteiger charge is 2.27. The van der Waals surface area contributed by atoms with E-state index in [0.717, 1.165) is 17.7 Å². The third-order valence-corrected chi connectivity index (χ3v) is 5.33. The van der Waals surface area contributed by atoms with Gasteiger partial charge in [-0.1, -0.05) is 23.9 Å². The molecule has 3 rings (SSSR count). The lowest BCUT2D eigenvalue weighted by atomic mass is 10.1. The van der Waals surface area contributed by atoms with Crippen LogP contribution in [0, 0.1) is 6.92 Å². The molecular weight excluding hydrogens is 338 g/mol. The van der Waals surface area contributed by atoms with E-state index in [1.807, 2.05) is 24.3 Å². The molecule has 132 valence electrons. The minimum Gasteiger partial charge on any atom is -0.497 e. The van der Waals surface area contributed by atoms with E-state index in [1.54, 1.807) is 24.8 Å². The Hall–Kier alpha value is -2.28. The first-order valence-electron chi connectivity index (χ1n) is 8.19. The van der Waals surface area contributed by atoms with E-state index in [2.05, 4.69) is 10.3 Å². The summed E-state index contributed by atoms with van der Waals surface area (Å²) in [5.41, 5.74) is 1.70. The van der Waals surface area contributed by atoms with Crippen molar-refractivity contribution in [3.8, 4) is 5.75 Å². The molecule has 0 fully saturated rings. The quantitative estimate of drug-likeness (QED) is 0.798. The normalized spacial score (nSPS) is 15.7. The van der Waals surface area contributed by atoms with Crippen molar-refractivity contribution in [1.82, 2.24) is 14.9 Å². The van der Waals surface area contributed by atoms with Crippen LogP contribution in [0.15, 0.2) is 40.4 Å². The molecule has 7 heteroatoms. The maximum atomic E-state index is 12.3. The number of aryl methyl sites for hydroxylation is 1. The van der Waals surface area contributed by atoms with E-state index in [9.17, 15) is 9.59 Å². The summed E-state index contributed by atoms with van der Waals surface area (Å²) in [4.78, 5) is 28.8. The monoisotopic (exact) mass is 359 g/mol. The zero-order chi connectivity index (χ0) is 17.8. The summed E-state index contributed by atoms with van der Waals surface area (Å²) in [6.07, 6.45) is 2.65. The molecule has 0 radical (unpaired) electrons. The average Bonchev–Trinajstić information content (AvgIpc) is 3.02. The Morgan fingerprint density at radius 2 is 2.16 bits per heavy atom. The molecule has 25 heavy (non-hydrogen) atoms. The number of benzene rings is 1. The van der Waals surface area contributed by atoms with E-state index >= 15 is 0 Å². The van der Waals surface area contributed by atoms with Crippen molar-refractivity contribution >= 4 is 17.7 Å². The molecule has 0 saturated heterocycles. The van der Waals surface area contributed by atoms with Crippen LogP contribution in [0.4, 0.5) is 0 Å². The standard InChI is InChI=1S/C18H21N3O3S/c1-12-10-20-18-21(17(12)23)14(11-25-18)9-16(22)19-8-7-13-3-5-15(24-2)6-4-13/h3-6,10,14H,7-9,11H2,1-2H3,(H,19,22). The highest BCUT2D eigenvalue weighted by molar-refractivity contribution is 7.99. The van der Waals surface area contributed by atoms with Gasteiger partial charge in [0.15, 0.2) is 5.16 Å². The maximum absolute atomic E-state index is 12.3. The molecule has 1 amide bonds. The second-order valence-electron chi connectivity index (χ2n) is 6.02. The van der Waals surface area contributed by atoms with E-state index < -0.39 is 0 Å². The fourth-order valence-corrected chi connectivity index (χ4v) is 3.90. The smallest absolute Gasteiger partial charge is 0.257 e. The third-order valence-electron chi connectivity index (χ3n) is 4.22. The van der Waals surface area contributed by atoms with Crippen LogP contribution in [0.2, 0.25) is 0 Å². The van der Waals surface area contributed by atoms with Crippen LogP contribution in [0.3, 0.4) is 0 Å². The van der Waals surface area contributed by atoms with Crippen LogP contribution in [0.25, 0.3) is 0 Å². The number of amides is 1. The molecule has 2 aromatic rings. The van der Waals surface area contributed by atoms with Crippen LogP contribution < -0.4 is 15.6 Å². The number of thioether (sulfide) groups is 1. The number of carbonyl (C=O) groups is 1. The first kappa shape index (κ1) is 17.5. The largest absolute Gasteiger partial charge is 0.497 e. The molecule has 6 nitrogen and oxygen atoms in total. The van der Waals surface area contributed by atoms with Crippen molar-refractivity contribution in [3.63, 3.8) is 0 Å². The Morgan fingerprint density at radius 1 is 1.40 bits per heavy atom. The first-order valence-corrected chi connectivity index (χ1v) is 9.17. The summed E-state index contributed by atoms with van der Waals surface area (Å²) < 4.78 is 6.78. The van der Waals surface area contributed by atoms with Crippen molar-refractivity contribution in [2.75, 3.05) is 19.4 Å². The van der Waals surface area contributed by atoms with Gasteiger partial charge in [0.25, 0.3) is 5.56 Å². The molecule has 0 bridgehead atoms. The second-order valence-corrected chi connectivity index (χ2v) is 7.00. The molecule has 0 spiro atoms. The summed E-state index contributed by atoms with van der Waals surface area (Å²) >= 11 is 1.52. The lowest BCUT2D eigenvalue weighted by molar-refractivity contribution is -0.121. The molecule has 1 aliphatic rings. The topological polar surface area (TPSA) is 73.2 Å². The number of nitrogens with zero attached hydrogens (tertiary/aromatic N) is 2. The minimum atomic E-state index is -0.124. The summed E-state index contributed by atoms with van der Waals surface area (Å²) in [5.74, 6) is 1.48. The van der Waals surface area contributed by atoms with Gasteiger partial charge in [-0.25, -0.2) is 4.98 Å². The number of aromatic nitrogens is 2. The summed E-state index contributed by atoms with van der Waals surface area (Å²) in [5, 5.41) is 3.64. The fourth-order valence-electron chi connectivity index (χ4n) is 2.80. The Labute approximate surface area is 150 Å². The molecule has 0 aliphatic carbocycles. The lowest BCUT2D eigenvalue weighted by Gasteiger charge is -2.13. The second kappa shape index (κ2) is 7.74. The number of ether oxygens (including phenoxy) is 1. The van der Waals surface area contributed by atoms with Gasteiger partial charge in [0, 0.05) is 30.5 Å². The summed E-state index contributed by atoms with van der Waals surface area (Å²) in [6, 6.07) is 7.67. The van der Waals surface area contributed by atoms with Crippen molar-refractivity contribution in [2.45, 2.75) is 31.0 Å². The Morgan fingerprint density at radius 3 is 2.88 bits per heavy atom. The molecular formula is C18H21N3O3S. The molecule has 1 aromatic carbocycles. The van der Waals surface area contributed by atoms with Gasteiger partial charge in [-0.2, -0.15) is 0 Å². The van der Waals surface area contributed by atoms with Crippen LogP contribution >= 0.6 is 11.8 Å².